The predicted molar refractivity (Wildman–Crippen MR) is 116 cm³/mol. The molecule has 0 aliphatic rings. The number of benzene rings is 2. The number of esters is 1. The maximum Gasteiger partial charge on any atom is 0.338 e. The summed E-state index contributed by atoms with van der Waals surface area (Å²) in [6, 6.07) is 12.6. The van der Waals surface area contributed by atoms with E-state index in [0.717, 1.165) is 24.0 Å². The quantitative estimate of drug-likeness (QED) is 0.487. The molecule has 0 heterocycles. The van der Waals surface area contributed by atoms with E-state index >= 15 is 0 Å². The molecule has 0 aromatic heterocycles. The Balaban J connectivity index is 1.93. The summed E-state index contributed by atoms with van der Waals surface area (Å²) < 4.78 is 11.0. The summed E-state index contributed by atoms with van der Waals surface area (Å²) in [7, 11) is 0. The van der Waals surface area contributed by atoms with E-state index in [0.29, 0.717) is 23.6 Å². The molecule has 1 amide bonds. The average molecular weight is 398 g/mol. The molecule has 0 aliphatic heterocycles. The highest BCUT2D eigenvalue weighted by atomic mass is 16.5. The van der Waals surface area contributed by atoms with Gasteiger partial charge in [0.2, 0.25) is 0 Å². The Morgan fingerprint density at radius 2 is 1.72 bits per heavy atom. The van der Waals surface area contributed by atoms with Gasteiger partial charge in [0.25, 0.3) is 5.91 Å². The van der Waals surface area contributed by atoms with Crippen molar-refractivity contribution in [1.29, 1.82) is 0 Å². The Labute approximate surface area is 173 Å². The highest BCUT2D eigenvalue weighted by Gasteiger charge is 2.19. The van der Waals surface area contributed by atoms with Crippen molar-refractivity contribution in [2.45, 2.75) is 52.9 Å². The molecule has 29 heavy (non-hydrogen) atoms. The summed E-state index contributed by atoms with van der Waals surface area (Å²) in [5.74, 6) is 0.0980. The second kappa shape index (κ2) is 10.1. The van der Waals surface area contributed by atoms with Crippen molar-refractivity contribution >= 4 is 17.6 Å². The molecule has 2 aromatic carbocycles. The number of hydrogen-bond donors (Lipinski definition) is 1. The van der Waals surface area contributed by atoms with Gasteiger partial charge in [-0.3, -0.25) is 4.79 Å². The zero-order chi connectivity index (χ0) is 21.4. The minimum atomic E-state index is -0.353. The maximum atomic E-state index is 12.3. The van der Waals surface area contributed by atoms with E-state index in [1.54, 1.807) is 24.3 Å². The van der Waals surface area contributed by atoms with Crippen LogP contribution in [0.15, 0.2) is 42.5 Å². The molecule has 0 aliphatic carbocycles. The van der Waals surface area contributed by atoms with Crippen molar-refractivity contribution in [2.24, 2.45) is 0 Å². The number of amides is 1. The molecule has 2 rings (SSSR count). The number of rotatable bonds is 8. The fraction of sp³-hybridized carbons (Fsp3) is 0.417. The van der Waals surface area contributed by atoms with E-state index in [-0.39, 0.29) is 23.9 Å². The van der Waals surface area contributed by atoms with E-state index in [1.165, 1.54) is 0 Å². The Morgan fingerprint density at radius 1 is 1.03 bits per heavy atom. The first-order valence-electron chi connectivity index (χ1n) is 10.0. The maximum absolute atomic E-state index is 12.3. The van der Waals surface area contributed by atoms with Crippen LogP contribution in [0, 0.1) is 6.92 Å². The molecule has 0 unspecified atom stereocenters. The first-order chi connectivity index (χ1) is 13.7. The summed E-state index contributed by atoms with van der Waals surface area (Å²) in [5.41, 5.74) is 3.20. The fourth-order valence-electron chi connectivity index (χ4n) is 2.78. The standard InChI is InChI=1S/C24H31NO4/c1-6-7-14-28-23(27)18-9-11-19(12-10-18)25-22(26)16-29-21-13-8-17(2)15-20(21)24(3,4)5/h8-13,15H,6-7,14,16H2,1-5H3,(H,25,26). The molecule has 2 aromatic rings. The van der Waals surface area contributed by atoms with Gasteiger partial charge in [-0.2, -0.15) is 0 Å². The van der Waals surface area contributed by atoms with Crippen LogP contribution in [0.1, 0.15) is 62.0 Å². The second-order valence-electron chi connectivity index (χ2n) is 8.15. The van der Waals surface area contributed by atoms with Gasteiger partial charge in [0.1, 0.15) is 5.75 Å². The number of hydrogen-bond acceptors (Lipinski definition) is 4. The molecule has 0 saturated carbocycles. The van der Waals surface area contributed by atoms with Crippen molar-refractivity contribution in [3.8, 4) is 5.75 Å². The number of carbonyl (C=O) groups is 2. The highest BCUT2D eigenvalue weighted by molar-refractivity contribution is 5.93. The molecule has 0 saturated heterocycles. The van der Waals surface area contributed by atoms with Crippen LogP contribution in [-0.4, -0.2) is 25.1 Å². The third-order valence-corrected chi connectivity index (χ3v) is 4.44. The lowest BCUT2D eigenvalue weighted by molar-refractivity contribution is -0.118. The topological polar surface area (TPSA) is 64.6 Å². The van der Waals surface area contributed by atoms with Crippen LogP contribution in [0.5, 0.6) is 5.75 Å². The predicted octanol–water partition coefficient (Wildman–Crippen LogP) is 5.27. The van der Waals surface area contributed by atoms with Gasteiger partial charge in [-0.1, -0.05) is 51.8 Å². The third kappa shape index (κ3) is 6.93. The number of carbonyl (C=O) groups excluding carboxylic acids is 2. The number of nitrogens with one attached hydrogen (secondary N) is 1. The first-order valence-corrected chi connectivity index (χ1v) is 10.0. The first kappa shape index (κ1) is 22.5. The SMILES string of the molecule is CCCCOC(=O)c1ccc(NC(=O)COc2ccc(C)cc2C(C)(C)C)cc1. The van der Waals surface area contributed by atoms with Crippen molar-refractivity contribution in [3.63, 3.8) is 0 Å². The summed E-state index contributed by atoms with van der Waals surface area (Å²) >= 11 is 0. The van der Waals surface area contributed by atoms with Gasteiger partial charge in [0.05, 0.1) is 12.2 Å². The average Bonchev–Trinajstić information content (AvgIpc) is 2.67. The van der Waals surface area contributed by atoms with E-state index < -0.39 is 0 Å². The van der Waals surface area contributed by atoms with Crippen LogP contribution in [0.4, 0.5) is 5.69 Å². The molecular formula is C24H31NO4. The van der Waals surface area contributed by atoms with Crippen LogP contribution in [0.2, 0.25) is 0 Å². The van der Waals surface area contributed by atoms with Crippen LogP contribution in [0.25, 0.3) is 0 Å². The smallest absolute Gasteiger partial charge is 0.338 e. The molecular weight excluding hydrogens is 366 g/mol. The molecule has 0 fully saturated rings. The van der Waals surface area contributed by atoms with Crippen LogP contribution in [0.3, 0.4) is 0 Å². The van der Waals surface area contributed by atoms with Crippen molar-refractivity contribution in [2.75, 3.05) is 18.5 Å². The lowest BCUT2D eigenvalue weighted by Gasteiger charge is -2.23. The van der Waals surface area contributed by atoms with Gasteiger partial charge in [0, 0.05) is 5.69 Å². The van der Waals surface area contributed by atoms with E-state index in [9.17, 15) is 9.59 Å². The normalized spacial score (nSPS) is 11.1. The molecule has 0 atom stereocenters. The summed E-state index contributed by atoms with van der Waals surface area (Å²) in [5, 5.41) is 2.78. The monoisotopic (exact) mass is 397 g/mol. The van der Waals surface area contributed by atoms with E-state index in [1.807, 2.05) is 26.0 Å². The van der Waals surface area contributed by atoms with Gasteiger partial charge in [0.15, 0.2) is 6.61 Å². The Kier molecular flexibility index (Phi) is 7.82. The third-order valence-electron chi connectivity index (χ3n) is 4.44. The Hall–Kier alpha value is -2.82. The van der Waals surface area contributed by atoms with Gasteiger partial charge in [-0.15, -0.1) is 0 Å². The molecule has 156 valence electrons. The molecule has 0 spiro atoms. The summed E-state index contributed by atoms with van der Waals surface area (Å²) in [6.07, 6.45) is 1.82. The Bertz CT molecular complexity index is 835. The van der Waals surface area contributed by atoms with Gasteiger partial charge in [-0.25, -0.2) is 4.79 Å². The summed E-state index contributed by atoms with van der Waals surface area (Å²) in [4.78, 5) is 24.2. The van der Waals surface area contributed by atoms with Gasteiger partial charge < -0.3 is 14.8 Å². The van der Waals surface area contributed by atoms with E-state index in [4.69, 9.17) is 9.47 Å². The number of ether oxygens (including phenoxy) is 2. The largest absolute Gasteiger partial charge is 0.483 e. The highest BCUT2D eigenvalue weighted by Crippen LogP contribution is 2.32. The molecule has 0 radical (unpaired) electrons. The van der Waals surface area contributed by atoms with E-state index in [2.05, 4.69) is 32.2 Å². The zero-order valence-corrected chi connectivity index (χ0v) is 18.0. The summed E-state index contributed by atoms with van der Waals surface area (Å²) in [6.45, 7) is 10.7. The lowest BCUT2D eigenvalue weighted by atomic mass is 9.85. The molecule has 5 heteroatoms. The van der Waals surface area contributed by atoms with Gasteiger partial charge >= 0.3 is 5.97 Å². The zero-order valence-electron chi connectivity index (χ0n) is 18.0. The van der Waals surface area contributed by atoms with Crippen LogP contribution in [-0.2, 0) is 14.9 Å². The molecule has 5 nitrogen and oxygen atoms in total. The molecule has 1 N–H and O–H groups in total. The Morgan fingerprint density at radius 3 is 2.34 bits per heavy atom. The van der Waals surface area contributed by atoms with Crippen molar-refractivity contribution in [3.05, 3.63) is 59.2 Å². The second-order valence-corrected chi connectivity index (χ2v) is 8.15. The lowest BCUT2D eigenvalue weighted by Crippen LogP contribution is -2.22. The van der Waals surface area contributed by atoms with Crippen molar-refractivity contribution < 1.29 is 19.1 Å². The number of aryl methyl sites for hydroxylation is 1. The minimum Gasteiger partial charge on any atom is -0.483 e. The minimum absolute atomic E-state index is 0.0839. The number of unbranched alkanes of at least 4 members (excludes halogenated alkanes) is 1. The fourth-order valence-corrected chi connectivity index (χ4v) is 2.78. The van der Waals surface area contributed by atoms with Crippen LogP contribution >= 0.6 is 0 Å². The van der Waals surface area contributed by atoms with Crippen LogP contribution < -0.4 is 10.1 Å². The number of anilines is 1. The van der Waals surface area contributed by atoms with Gasteiger partial charge in [-0.05, 0) is 54.7 Å². The van der Waals surface area contributed by atoms with Crippen molar-refractivity contribution in [1.82, 2.24) is 0 Å². The molecule has 0 bridgehead atoms.